The number of alkyl halides is 3. The largest absolute Gasteiger partial charge is 0.449 e. The second-order valence-corrected chi connectivity index (χ2v) is 7.29. The van der Waals surface area contributed by atoms with Crippen LogP contribution in [0.5, 0.6) is 0 Å². The van der Waals surface area contributed by atoms with Crippen LogP contribution < -0.4 is 10.2 Å². The smallest absolute Gasteiger partial charge is 0.416 e. The third-order valence-corrected chi connectivity index (χ3v) is 5.55. The summed E-state index contributed by atoms with van der Waals surface area (Å²) < 4.78 is 42.9. The van der Waals surface area contributed by atoms with E-state index in [9.17, 15) is 22.8 Å². The third-order valence-electron chi connectivity index (χ3n) is 5.55. The van der Waals surface area contributed by atoms with Crippen molar-refractivity contribution in [2.75, 3.05) is 19.7 Å². The maximum atomic E-state index is 12.5. The lowest BCUT2D eigenvalue weighted by atomic mass is 9.84. The Labute approximate surface area is 155 Å². The predicted octanol–water partition coefficient (Wildman–Crippen LogP) is 2.42. The molecule has 3 rings (SSSR count). The van der Waals surface area contributed by atoms with E-state index < -0.39 is 23.7 Å². The average molecular weight is 385 g/mol. The first-order chi connectivity index (χ1) is 12.8. The molecule has 0 aromatic heterocycles. The maximum absolute atomic E-state index is 12.5. The van der Waals surface area contributed by atoms with Crippen LogP contribution in [-0.4, -0.2) is 37.7 Å². The van der Waals surface area contributed by atoms with Crippen LogP contribution >= 0.6 is 0 Å². The zero-order valence-electron chi connectivity index (χ0n) is 15.0. The Morgan fingerprint density at radius 2 is 1.78 bits per heavy atom. The number of amides is 2. The van der Waals surface area contributed by atoms with Gasteiger partial charge in [0.15, 0.2) is 0 Å². The van der Waals surface area contributed by atoms with Gasteiger partial charge in [-0.15, -0.1) is 0 Å². The number of carbonyl (C=O) groups excluding carboxylic acids is 2. The molecule has 2 heterocycles. The van der Waals surface area contributed by atoms with Crippen LogP contribution in [0.1, 0.15) is 48.0 Å². The fourth-order valence-corrected chi connectivity index (χ4v) is 4.17. The Hall–Kier alpha value is -2.09. The van der Waals surface area contributed by atoms with Gasteiger partial charge in [0.25, 0.3) is 5.91 Å². The first-order valence-electron chi connectivity index (χ1n) is 9.34. The highest BCUT2D eigenvalue weighted by Crippen LogP contribution is 2.29. The van der Waals surface area contributed by atoms with Crippen LogP contribution in [0.3, 0.4) is 0 Å². The lowest BCUT2D eigenvalue weighted by molar-refractivity contribution is -0.940. The van der Waals surface area contributed by atoms with Crippen molar-refractivity contribution in [1.82, 2.24) is 5.32 Å². The second-order valence-electron chi connectivity index (χ2n) is 7.29. The minimum Gasteiger partial charge on any atom is -0.449 e. The number of quaternary nitrogens is 1. The number of rotatable bonds is 3. The lowest BCUT2D eigenvalue weighted by Crippen LogP contribution is -3.18. The summed E-state index contributed by atoms with van der Waals surface area (Å²) in [5.74, 6) is -0.483. The highest BCUT2D eigenvalue weighted by molar-refractivity contribution is 6.02. The van der Waals surface area contributed by atoms with Gasteiger partial charge in [0.1, 0.15) is 6.61 Å². The summed E-state index contributed by atoms with van der Waals surface area (Å²) in [7, 11) is 0. The molecule has 27 heavy (non-hydrogen) atoms. The minimum atomic E-state index is -4.47. The Bertz CT molecular complexity index is 674. The van der Waals surface area contributed by atoms with E-state index in [-0.39, 0.29) is 12.2 Å². The van der Waals surface area contributed by atoms with E-state index in [1.54, 1.807) is 4.90 Å². The van der Waals surface area contributed by atoms with Crippen LogP contribution in [0.2, 0.25) is 0 Å². The molecule has 148 valence electrons. The molecule has 0 spiro atoms. The molecule has 2 saturated heterocycles. The van der Waals surface area contributed by atoms with Gasteiger partial charge in [-0.3, -0.25) is 10.1 Å². The van der Waals surface area contributed by atoms with Crippen molar-refractivity contribution in [3.05, 3.63) is 35.4 Å². The van der Waals surface area contributed by atoms with Crippen molar-refractivity contribution < 1.29 is 32.4 Å². The van der Waals surface area contributed by atoms with E-state index in [0.29, 0.717) is 12.0 Å². The summed E-state index contributed by atoms with van der Waals surface area (Å²) >= 11 is 0. The summed E-state index contributed by atoms with van der Waals surface area (Å²) in [6, 6.07) is 4.20. The number of nitrogens with one attached hydrogen (secondary N) is 2. The molecular weight excluding hydrogens is 361 g/mol. The van der Waals surface area contributed by atoms with E-state index in [1.165, 1.54) is 25.9 Å². The maximum Gasteiger partial charge on any atom is 0.416 e. The van der Waals surface area contributed by atoms with Crippen molar-refractivity contribution in [2.24, 2.45) is 5.92 Å². The normalized spacial score (nSPS) is 25.4. The zero-order valence-corrected chi connectivity index (χ0v) is 15.0. The molecule has 1 unspecified atom stereocenters. The van der Waals surface area contributed by atoms with Crippen molar-refractivity contribution in [1.29, 1.82) is 0 Å². The number of hydrogen-bond donors (Lipinski definition) is 2. The summed E-state index contributed by atoms with van der Waals surface area (Å²) in [5, 5.41) is 2.08. The lowest BCUT2D eigenvalue weighted by Gasteiger charge is -2.40. The summed E-state index contributed by atoms with van der Waals surface area (Å²) in [5.41, 5.74) is -0.876. The van der Waals surface area contributed by atoms with Crippen molar-refractivity contribution >= 4 is 12.0 Å². The van der Waals surface area contributed by atoms with Gasteiger partial charge in [-0.25, -0.2) is 4.79 Å². The van der Waals surface area contributed by atoms with Crippen LogP contribution in [0.25, 0.3) is 0 Å². The van der Waals surface area contributed by atoms with Gasteiger partial charge in [-0.1, -0.05) is 0 Å². The number of halogens is 3. The van der Waals surface area contributed by atoms with E-state index >= 15 is 0 Å². The molecule has 0 radical (unpaired) electrons. The molecule has 2 N–H and O–H groups in total. The average Bonchev–Trinajstić information content (AvgIpc) is 2.65. The van der Waals surface area contributed by atoms with E-state index in [2.05, 4.69) is 5.32 Å². The Balaban J connectivity index is 1.49. The monoisotopic (exact) mass is 385 g/mol. The molecule has 0 saturated carbocycles. The van der Waals surface area contributed by atoms with Crippen molar-refractivity contribution in [3.8, 4) is 0 Å². The van der Waals surface area contributed by atoms with E-state index in [1.807, 2.05) is 0 Å². The first kappa shape index (κ1) is 19.7. The number of alkyl carbamates (subject to hydrolysis) is 1. The van der Waals surface area contributed by atoms with Crippen LogP contribution in [0.15, 0.2) is 24.3 Å². The topological polar surface area (TPSA) is 59.8 Å². The summed E-state index contributed by atoms with van der Waals surface area (Å²) in [4.78, 5) is 25.5. The molecule has 2 aliphatic heterocycles. The summed E-state index contributed by atoms with van der Waals surface area (Å²) in [6.07, 6.45) is 0.353. The molecule has 5 nitrogen and oxygen atoms in total. The molecule has 0 aliphatic carbocycles. The van der Waals surface area contributed by atoms with Gasteiger partial charge in [0.05, 0.1) is 24.7 Å². The van der Waals surface area contributed by atoms with Gasteiger partial charge in [-0.05, 0) is 56.4 Å². The molecule has 2 amide bonds. The highest BCUT2D eigenvalue weighted by Gasteiger charge is 2.37. The first-order valence-corrected chi connectivity index (χ1v) is 9.34. The van der Waals surface area contributed by atoms with Crippen LogP contribution in [0, 0.1) is 5.92 Å². The molecular formula is C19H24F3N2O3+. The number of piperidine rings is 2. The second kappa shape index (κ2) is 8.29. The van der Waals surface area contributed by atoms with Crippen molar-refractivity contribution in [3.63, 3.8) is 0 Å². The number of ether oxygens (including phenoxy) is 1. The predicted molar refractivity (Wildman–Crippen MR) is 91.3 cm³/mol. The SMILES string of the molecule is O=C(NC(=O)c1ccc(C(F)(F)F)cc1)OC[C@@H]1CCC[NH+]2CCCC[C@@H]12. The van der Waals surface area contributed by atoms with Gasteiger partial charge in [-0.2, -0.15) is 13.2 Å². The zero-order chi connectivity index (χ0) is 19.4. The van der Waals surface area contributed by atoms with Gasteiger partial charge >= 0.3 is 12.3 Å². The molecule has 2 fully saturated rings. The van der Waals surface area contributed by atoms with Gasteiger partial charge in [0.2, 0.25) is 0 Å². The molecule has 3 atom stereocenters. The molecule has 8 heteroatoms. The molecule has 2 aliphatic rings. The molecule has 1 aromatic carbocycles. The molecule has 1 aromatic rings. The van der Waals surface area contributed by atoms with Crippen LogP contribution in [-0.2, 0) is 10.9 Å². The number of fused-ring (bicyclic) bond motifs is 1. The molecule has 0 bridgehead atoms. The van der Waals surface area contributed by atoms with Gasteiger partial charge < -0.3 is 9.64 Å². The highest BCUT2D eigenvalue weighted by atomic mass is 19.4. The minimum absolute atomic E-state index is 0.0273. The number of imide groups is 1. The van der Waals surface area contributed by atoms with E-state index in [4.69, 9.17) is 4.74 Å². The standard InChI is InChI=1S/C19H23F3N2O3/c20-19(21,22)15-8-6-13(7-9-15)17(25)23-18(26)27-12-14-4-3-11-24-10-2-1-5-16(14)24/h6-9,14,16H,1-5,10-12H2,(H,23,25,26)/p+1/t14-,16-/m0/s1. The number of hydrogen-bond acceptors (Lipinski definition) is 3. The van der Waals surface area contributed by atoms with Gasteiger partial charge in [0, 0.05) is 11.5 Å². The summed E-state index contributed by atoms with van der Waals surface area (Å²) in [6.45, 7) is 2.60. The van der Waals surface area contributed by atoms with E-state index in [0.717, 1.165) is 43.5 Å². The van der Waals surface area contributed by atoms with Crippen molar-refractivity contribution in [2.45, 2.75) is 44.3 Å². The number of carbonyl (C=O) groups is 2. The fraction of sp³-hybridized carbons (Fsp3) is 0.579. The quantitative estimate of drug-likeness (QED) is 0.840. The Kier molecular flexibility index (Phi) is 6.04. The fourth-order valence-electron chi connectivity index (χ4n) is 4.17. The third kappa shape index (κ3) is 5.00. The Morgan fingerprint density at radius 1 is 1.07 bits per heavy atom. The van der Waals surface area contributed by atoms with Crippen LogP contribution in [0.4, 0.5) is 18.0 Å². The Morgan fingerprint density at radius 3 is 2.48 bits per heavy atom. The number of benzene rings is 1.